The van der Waals surface area contributed by atoms with Crippen molar-refractivity contribution in [2.24, 2.45) is 0 Å². The van der Waals surface area contributed by atoms with E-state index in [0.29, 0.717) is 60.1 Å². The van der Waals surface area contributed by atoms with Crippen molar-refractivity contribution in [2.75, 3.05) is 49.6 Å². The first-order valence-corrected chi connectivity index (χ1v) is 39.4. The molecule has 116 heavy (non-hydrogen) atoms. The molecule has 31 nitrogen and oxygen atoms in total. The minimum absolute atomic E-state index is 0.0560. The van der Waals surface area contributed by atoms with Crippen LogP contribution in [0.15, 0.2) is 240 Å². The fourth-order valence-corrected chi connectivity index (χ4v) is 15.5. The van der Waals surface area contributed by atoms with Crippen molar-refractivity contribution < 1.29 is 14.6 Å². The molecule has 0 aliphatic heterocycles. The van der Waals surface area contributed by atoms with Gasteiger partial charge in [0.25, 0.3) is 11.4 Å². The van der Waals surface area contributed by atoms with Gasteiger partial charge in [0.05, 0.1) is 105 Å². The number of aromatic amines is 4. The smallest absolute Gasteiger partial charge is 0.269 e. The Bertz CT molecular complexity index is 6930. The number of ether oxygens (including phenoxy) is 1. The van der Waals surface area contributed by atoms with Gasteiger partial charge in [0, 0.05) is 104 Å². The molecular weight excluding hydrogens is 1570 g/mol. The molecule has 0 unspecified atom stereocenters. The van der Waals surface area contributed by atoms with Gasteiger partial charge in [-0.2, -0.15) is 40.3 Å². The second-order valence-corrected chi connectivity index (χ2v) is 29.8. The van der Waals surface area contributed by atoms with E-state index in [1.54, 1.807) is 95.4 Å². The Hall–Kier alpha value is -14.9. The van der Waals surface area contributed by atoms with Crippen molar-refractivity contribution in [3.8, 4) is 5.75 Å². The summed E-state index contributed by atoms with van der Waals surface area (Å²) in [6, 6.07) is 60.0. The topological polar surface area (TPSA) is 410 Å². The van der Waals surface area contributed by atoms with E-state index in [1.807, 2.05) is 173 Å². The van der Waals surface area contributed by atoms with Crippen molar-refractivity contribution >= 4 is 228 Å². The van der Waals surface area contributed by atoms with Gasteiger partial charge in [-0.15, -0.1) is 45.3 Å². The number of methoxy groups -OCH3 is 1. The van der Waals surface area contributed by atoms with Gasteiger partial charge in [0.1, 0.15) is 5.75 Å². The van der Waals surface area contributed by atoms with Gasteiger partial charge in [-0.25, -0.2) is 19.9 Å². The molecule has 20 rings (SSSR count). The van der Waals surface area contributed by atoms with E-state index in [0.717, 1.165) is 147 Å². The van der Waals surface area contributed by atoms with E-state index >= 15 is 0 Å². The number of para-hydroxylation sites is 1. The summed E-state index contributed by atoms with van der Waals surface area (Å²) in [6.07, 6.45) is 7.15. The third-order valence-electron chi connectivity index (χ3n) is 17.9. The van der Waals surface area contributed by atoms with E-state index in [9.17, 15) is 20.2 Å². The molecule has 0 amide bonds. The first-order chi connectivity index (χ1) is 56.8. The molecule has 572 valence electrons. The molecule has 0 saturated carbocycles. The van der Waals surface area contributed by atoms with E-state index in [4.69, 9.17) is 21.3 Å². The summed E-state index contributed by atoms with van der Waals surface area (Å²) in [5.41, 5.74) is 14.8. The second kappa shape index (κ2) is 33.6. The maximum absolute atomic E-state index is 11.0. The first-order valence-electron chi connectivity index (χ1n) is 35.5. The predicted molar refractivity (Wildman–Crippen MR) is 463 cm³/mol. The average Bonchev–Trinajstić information content (AvgIpc) is 1.61. The molecule has 0 bridgehead atoms. The van der Waals surface area contributed by atoms with Crippen LogP contribution >= 0.6 is 56.9 Å². The summed E-state index contributed by atoms with van der Waals surface area (Å²) < 4.78 is 9.35. The van der Waals surface area contributed by atoms with E-state index in [-0.39, 0.29) is 11.4 Å². The van der Waals surface area contributed by atoms with Crippen molar-refractivity contribution in [2.45, 2.75) is 19.6 Å². The number of anilines is 13. The SMILES string of the molecule is COc1ccccc1CNc1nc(Nc2ccc3[nH]ncc3c2)c2sccc2n1.Clc1ccc(Nc2nc(Nc3ccc4[nH]ncc4c3)c3sccc3n2)cc1.O=[N+]([O-])c1ccc(CNc2nc(Nc3ccc4[nH]ncc4c3)c3sccc3n2)cc1.O=[N+]([O-])c1cccc(CNc2nc(Nc3ccc4[nH]ncc4c3)c3sccc3n2)c1. The van der Waals surface area contributed by atoms with Crippen LogP contribution in [-0.4, -0.2) is 97.6 Å². The molecule has 0 radical (unpaired) electrons. The molecule has 20 aromatic rings. The lowest BCUT2D eigenvalue weighted by atomic mass is 10.2. The highest BCUT2D eigenvalue weighted by atomic mass is 35.5. The number of thiophene rings is 4. The highest BCUT2D eigenvalue weighted by molar-refractivity contribution is 7.18. The lowest BCUT2D eigenvalue weighted by molar-refractivity contribution is -0.385. The summed E-state index contributed by atoms with van der Waals surface area (Å²) >= 11 is 12.3. The number of halogens is 1. The van der Waals surface area contributed by atoms with Gasteiger partial charge in [0.2, 0.25) is 23.8 Å². The Labute approximate surface area is 676 Å². The highest BCUT2D eigenvalue weighted by Crippen LogP contribution is 2.37. The lowest BCUT2D eigenvalue weighted by Gasteiger charge is -2.12. The number of nitrogens with zero attached hydrogens (tertiary/aromatic N) is 14. The third kappa shape index (κ3) is 17.3. The van der Waals surface area contributed by atoms with Crippen LogP contribution in [0, 0.1) is 20.2 Å². The number of hydrogen-bond acceptors (Lipinski definition) is 29. The molecule has 0 atom stereocenters. The quantitative estimate of drug-likeness (QED) is 0.0221. The zero-order valence-electron chi connectivity index (χ0n) is 60.5. The fourth-order valence-electron chi connectivity index (χ4n) is 12.3. The lowest BCUT2D eigenvalue weighted by Crippen LogP contribution is -2.06. The Kier molecular flexibility index (Phi) is 21.4. The van der Waals surface area contributed by atoms with Crippen LogP contribution in [0.1, 0.15) is 16.7 Å². The zero-order valence-corrected chi connectivity index (χ0v) is 64.6. The normalized spacial score (nSPS) is 11.1. The summed E-state index contributed by atoms with van der Waals surface area (Å²) in [5.74, 6) is 5.78. The van der Waals surface area contributed by atoms with Gasteiger partial charge in [-0.3, -0.25) is 40.6 Å². The Balaban J connectivity index is 0.000000111. The van der Waals surface area contributed by atoms with Crippen LogP contribution in [0.5, 0.6) is 5.75 Å². The monoisotopic (exact) mass is 1630 g/mol. The van der Waals surface area contributed by atoms with Gasteiger partial charge in [-0.1, -0.05) is 54.1 Å². The average molecular weight is 1630 g/mol. The largest absolute Gasteiger partial charge is 0.496 e. The van der Waals surface area contributed by atoms with Crippen molar-refractivity contribution in [1.29, 1.82) is 0 Å². The molecule has 0 aliphatic rings. The number of fused-ring (bicyclic) bond motifs is 8. The third-order valence-corrected chi connectivity index (χ3v) is 21.8. The molecule has 12 heterocycles. The van der Waals surface area contributed by atoms with Crippen molar-refractivity contribution in [3.63, 3.8) is 0 Å². The molecule has 0 saturated heterocycles. The summed E-state index contributed by atoms with van der Waals surface area (Å²) in [7, 11) is 1.67. The molecule has 0 spiro atoms. The Morgan fingerprint density at radius 3 is 1.16 bits per heavy atom. The maximum atomic E-state index is 11.0. The molecule has 8 aromatic carbocycles. The Morgan fingerprint density at radius 1 is 0.371 bits per heavy atom. The summed E-state index contributed by atoms with van der Waals surface area (Å²) in [5, 5.41) is 89.0. The van der Waals surface area contributed by atoms with Gasteiger partial charge >= 0.3 is 0 Å². The van der Waals surface area contributed by atoms with E-state index < -0.39 is 9.85 Å². The number of hydrogen-bond donors (Lipinski definition) is 12. The van der Waals surface area contributed by atoms with Crippen LogP contribution in [0.4, 0.5) is 86.9 Å². The number of H-pyrrole nitrogens is 4. The zero-order chi connectivity index (χ0) is 78.9. The number of nitro groups is 2. The number of nitrogens with one attached hydrogen (secondary N) is 12. The minimum Gasteiger partial charge on any atom is -0.496 e. The maximum Gasteiger partial charge on any atom is 0.269 e. The predicted octanol–water partition coefficient (Wildman–Crippen LogP) is 20.3. The van der Waals surface area contributed by atoms with Crippen LogP contribution in [0.2, 0.25) is 5.02 Å². The van der Waals surface area contributed by atoms with Crippen molar-refractivity contribution in [1.82, 2.24) is 80.7 Å². The molecule has 12 N–H and O–H groups in total. The fraction of sp³-hybridized carbons (Fsp3) is 0.0500. The second-order valence-electron chi connectivity index (χ2n) is 25.7. The van der Waals surface area contributed by atoms with Crippen LogP contribution in [0.25, 0.3) is 84.5 Å². The summed E-state index contributed by atoms with van der Waals surface area (Å²) in [4.78, 5) is 58.0. The van der Waals surface area contributed by atoms with Gasteiger partial charge in [-0.05, 0) is 160 Å². The molecule has 36 heteroatoms. The van der Waals surface area contributed by atoms with Gasteiger partial charge < -0.3 is 47.3 Å². The van der Waals surface area contributed by atoms with E-state index in [1.165, 1.54) is 24.3 Å². The van der Waals surface area contributed by atoms with Crippen LogP contribution < -0.4 is 47.3 Å². The number of rotatable bonds is 22. The highest BCUT2D eigenvalue weighted by Gasteiger charge is 2.18. The van der Waals surface area contributed by atoms with Gasteiger partial charge in [0.15, 0.2) is 23.3 Å². The molecular formula is C80H61ClN26O5S4. The molecule has 0 aliphatic carbocycles. The standard InChI is InChI=1S/C21H18N6OS.2C20H15N7O2S.C19H13ClN6S/c1-28-18-5-3-2-4-13(18)11-22-21-25-17-8-9-29-19(17)20(26-21)24-15-6-7-16-14(10-15)12-23-27-16;28-27(29)15-4-1-12(2-5-15)10-21-20-24-17-7-8-30-18(17)19(25-20)23-14-3-6-16-13(9-14)11-22-26-16;28-27(29)15-3-1-2-12(8-15)10-21-20-24-17-6-7-30-18(17)19(25-20)23-14-4-5-16-13(9-14)11-22-26-16;20-12-1-3-13(4-2-12)23-19-24-16-7-8-27-17(16)18(25-19)22-14-5-6-15-11(9-14)10-21-26-15/h2-10,12H,11H2,1H3,(H,23,27)(H2,22,24,25,26);2*1-9,11H,10H2,(H,22,26)(H2,21,23,24,25);1-10H,(H,21,26)(H2,22,23,24,25). The number of benzene rings is 8. The molecule has 0 fully saturated rings. The Morgan fingerprint density at radius 2 is 0.750 bits per heavy atom. The van der Waals surface area contributed by atoms with Crippen molar-refractivity contribution in [3.05, 3.63) is 282 Å². The van der Waals surface area contributed by atoms with Crippen LogP contribution in [0.3, 0.4) is 0 Å². The van der Waals surface area contributed by atoms with Crippen LogP contribution in [-0.2, 0) is 19.6 Å². The molecule has 12 aromatic heterocycles. The first kappa shape index (κ1) is 73.9. The summed E-state index contributed by atoms with van der Waals surface area (Å²) in [6.45, 7) is 1.39. The number of non-ortho nitro benzene ring substituents is 2. The van der Waals surface area contributed by atoms with E-state index in [2.05, 4.69) is 118 Å². The number of nitro benzene ring substituents is 2. The minimum atomic E-state index is -0.413. The number of aromatic nitrogens is 16.